The maximum atomic E-state index is 12.3. The minimum Gasteiger partial charge on any atom is -0.406 e. The number of piperazine rings is 1. The molecule has 0 aliphatic carbocycles. The van der Waals surface area contributed by atoms with Crippen molar-refractivity contribution in [2.45, 2.75) is 26.1 Å². The van der Waals surface area contributed by atoms with E-state index in [0.717, 1.165) is 37.7 Å². The molecule has 0 bridgehead atoms. The van der Waals surface area contributed by atoms with Crippen LogP contribution in [0.3, 0.4) is 0 Å². The summed E-state index contributed by atoms with van der Waals surface area (Å²) in [5.74, 6) is 0.882. The number of ether oxygens (including phenoxy) is 1. The Labute approximate surface area is 144 Å². The highest BCUT2D eigenvalue weighted by Gasteiger charge is 2.31. The normalized spacial score (nSPS) is 15.7. The van der Waals surface area contributed by atoms with Crippen molar-refractivity contribution in [3.63, 3.8) is 0 Å². The van der Waals surface area contributed by atoms with Crippen molar-refractivity contribution in [1.82, 2.24) is 15.1 Å². The summed E-state index contributed by atoms with van der Waals surface area (Å²) in [5, 5.41) is 7.98. The monoisotopic (exact) mass is 354 g/mol. The first-order valence-corrected chi connectivity index (χ1v) is 8.25. The van der Waals surface area contributed by atoms with Crippen molar-refractivity contribution in [3.8, 4) is 11.4 Å². The summed E-state index contributed by atoms with van der Waals surface area (Å²) in [5.41, 5.74) is 1.72. The van der Waals surface area contributed by atoms with Gasteiger partial charge in [0.2, 0.25) is 0 Å². The van der Waals surface area contributed by atoms with E-state index in [-0.39, 0.29) is 11.7 Å². The van der Waals surface area contributed by atoms with Gasteiger partial charge in [-0.1, -0.05) is 13.8 Å². The Balaban J connectivity index is 1.88. The van der Waals surface area contributed by atoms with Crippen LogP contribution in [0, 0.1) is 0 Å². The first-order valence-electron chi connectivity index (χ1n) is 8.25. The fraction of sp³-hybridized carbons (Fsp3) is 0.471. The van der Waals surface area contributed by atoms with Crippen LogP contribution in [0.15, 0.2) is 30.3 Å². The zero-order valence-corrected chi connectivity index (χ0v) is 14.2. The second-order valence-electron chi connectivity index (χ2n) is 6.27. The molecule has 0 amide bonds. The molecule has 0 radical (unpaired) electrons. The van der Waals surface area contributed by atoms with Crippen molar-refractivity contribution < 1.29 is 17.9 Å². The molecule has 0 saturated carbocycles. The van der Waals surface area contributed by atoms with Crippen LogP contribution >= 0.6 is 0 Å². The number of alkyl halides is 3. The summed E-state index contributed by atoms with van der Waals surface area (Å²) < 4.78 is 42.6. The van der Waals surface area contributed by atoms with Gasteiger partial charge >= 0.3 is 6.36 Å². The number of benzene rings is 1. The third-order valence-electron chi connectivity index (χ3n) is 4.07. The minimum atomic E-state index is -4.69. The molecule has 5 nitrogen and oxygen atoms in total. The Morgan fingerprint density at radius 1 is 1.12 bits per heavy atom. The fourth-order valence-corrected chi connectivity index (χ4v) is 2.84. The van der Waals surface area contributed by atoms with Crippen LogP contribution in [0.2, 0.25) is 0 Å². The van der Waals surface area contributed by atoms with Gasteiger partial charge in [0.05, 0.1) is 5.69 Å². The van der Waals surface area contributed by atoms with E-state index in [2.05, 4.69) is 40.0 Å². The molecule has 8 heteroatoms. The highest BCUT2D eigenvalue weighted by atomic mass is 19.4. The van der Waals surface area contributed by atoms with Crippen LogP contribution in [-0.2, 0) is 0 Å². The number of hydrogen-bond donors (Lipinski definition) is 1. The van der Waals surface area contributed by atoms with Gasteiger partial charge in [0.25, 0.3) is 0 Å². The quantitative estimate of drug-likeness (QED) is 0.915. The van der Waals surface area contributed by atoms with Crippen molar-refractivity contribution >= 4 is 5.82 Å². The summed E-state index contributed by atoms with van der Waals surface area (Å²) in [6, 6.07) is 7.83. The van der Waals surface area contributed by atoms with E-state index >= 15 is 0 Å². The topological polar surface area (TPSA) is 42.3 Å². The van der Waals surface area contributed by atoms with E-state index in [4.69, 9.17) is 0 Å². The number of nitrogens with one attached hydrogen (secondary N) is 1. The molecule has 2 heterocycles. The average Bonchev–Trinajstić information content (AvgIpc) is 3.00. The van der Waals surface area contributed by atoms with Crippen molar-refractivity contribution in [3.05, 3.63) is 36.0 Å². The van der Waals surface area contributed by atoms with Gasteiger partial charge < -0.3 is 15.0 Å². The molecule has 1 aromatic heterocycles. The molecule has 2 aromatic rings. The molecule has 1 aliphatic heterocycles. The molecular weight excluding hydrogens is 333 g/mol. The predicted octanol–water partition coefficient (Wildman–Crippen LogP) is 3.30. The van der Waals surface area contributed by atoms with Gasteiger partial charge in [0.15, 0.2) is 5.82 Å². The molecule has 1 fully saturated rings. The number of nitrogens with zero attached hydrogens (tertiary/aromatic N) is 3. The standard InChI is InChI=1S/C17H21F3N4O/c1-12(2)15-11-16(23-9-7-21-8-10-23)22-24(15)13-3-5-14(6-4-13)25-17(18,19)20/h3-6,11-12,21H,7-10H2,1-2H3. The molecule has 0 unspecified atom stereocenters. The number of halogens is 3. The largest absolute Gasteiger partial charge is 0.573 e. The van der Waals surface area contributed by atoms with Crippen molar-refractivity contribution in [1.29, 1.82) is 0 Å². The summed E-state index contributed by atoms with van der Waals surface area (Å²) in [6.45, 7) is 7.72. The minimum absolute atomic E-state index is 0.232. The van der Waals surface area contributed by atoms with Gasteiger partial charge in [-0.05, 0) is 30.2 Å². The SMILES string of the molecule is CC(C)c1cc(N2CCNCC2)nn1-c1ccc(OC(F)(F)F)cc1. The second-order valence-corrected chi connectivity index (χ2v) is 6.27. The summed E-state index contributed by atoms with van der Waals surface area (Å²) in [4.78, 5) is 2.21. The Bertz CT molecular complexity index is 704. The van der Waals surface area contributed by atoms with Crippen LogP contribution in [0.5, 0.6) is 5.75 Å². The second kappa shape index (κ2) is 6.95. The molecular formula is C17H21F3N4O. The summed E-state index contributed by atoms with van der Waals surface area (Å²) in [7, 11) is 0. The van der Waals surface area contributed by atoms with Crippen LogP contribution in [0.4, 0.5) is 19.0 Å². The van der Waals surface area contributed by atoms with Gasteiger partial charge in [0.1, 0.15) is 5.75 Å². The third kappa shape index (κ3) is 4.25. The van der Waals surface area contributed by atoms with E-state index in [0.29, 0.717) is 5.69 Å². The lowest BCUT2D eigenvalue weighted by Crippen LogP contribution is -2.43. The van der Waals surface area contributed by atoms with E-state index < -0.39 is 6.36 Å². The molecule has 1 saturated heterocycles. The smallest absolute Gasteiger partial charge is 0.406 e. The van der Waals surface area contributed by atoms with Gasteiger partial charge in [-0.3, -0.25) is 0 Å². The lowest BCUT2D eigenvalue weighted by Gasteiger charge is -2.27. The molecule has 1 aromatic carbocycles. The van der Waals surface area contributed by atoms with Gasteiger partial charge in [0, 0.05) is 37.9 Å². The van der Waals surface area contributed by atoms with E-state index in [1.165, 1.54) is 12.1 Å². The fourth-order valence-electron chi connectivity index (χ4n) is 2.84. The number of hydrogen-bond acceptors (Lipinski definition) is 4. The maximum Gasteiger partial charge on any atom is 0.573 e. The molecule has 25 heavy (non-hydrogen) atoms. The highest BCUT2D eigenvalue weighted by Crippen LogP contribution is 2.27. The Morgan fingerprint density at radius 2 is 1.76 bits per heavy atom. The predicted molar refractivity (Wildman–Crippen MR) is 89.4 cm³/mol. The van der Waals surface area contributed by atoms with Crippen LogP contribution in [0.1, 0.15) is 25.5 Å². The lowest BCUT2D eigenvalue weighted by atomic mass is 10.1. The summed E-state index contributed by atoms with van der Waals surface area (Å²) >= 11 is 0. The number of rotatable bonds is 4. The average molecular weight is 354 g/mol. The molecule has 3 rings (SSSR count). The van der Waals surface area contributed by atoms with Crippen molar-refractivity contribution in [2.24, 2.45) is 0 Å². The van der Waals surface area contributed by atoms with Crippen LogP contribution in [0.25, 0.3) is 5.69 Å². The molecule has 1 N–H and O–H groups in total. The summed E-state index contributed by atoms with van der Waals surface area (Å²) in [6.07, 6.45) is -4.69. The Kier molecular flexibility index (Phi) is 4.89. The molecule has 0 spiro atoms. The zero-order chi connectivity index (χ0) is 18.0. The van der Waals surface area contributed by atoms with Gasteiger partial charge in [-0.15, -0.1) is 13.2 Å². The molecule has 1 aliphatic rings. The number of aromatic nitrogens is 2. The van der Waals surface area contributed by atoms with E-state index in [1.807, 2.05) is 0 Å². The molecule has 0 atom stereocenters. The van der Waals surface area contributed by atoms with Crippen LogP contribution in [-0.4, -0.2) is 42.3 Å². The maximum absolute atomic E-state index is 12.3. The lowest BCUT2D eigenvalue weighted by molar-refractivity contribution is -0.274. The Morgan fingerprint density at radius 3 is 2.32 bits per heavy atom. The number of anilines is 1. The first kappa shape index (κ1) is 17.6. The van der Waals surface area contributed by atoms with E-state index in [9.17, 15) is 13.2 Å². The van der Waals surface area contributed by atoms with E-state index in [1.54, 1.807) is 16.8 Å². The zero-order valence-electron chi connectivity index (χ0n) is 14.2. The van der Waals surface area contributed by atoms with Gasteiger partial charge in [-0.2, -0.15) is 5.10 Å². The van der Waals surface area contributed by atoms with Crippen LogP contribution < -0.4 is 15.0 Å². The first-order chi connectivity index (χ1) is 11.8. The highest BCUT2D eigenvalue weighted by molar-refractivity contribution is 5.46. The van der Waals surface area contributed by atoms with Gasteiger partial charge in [-0.25, -0.2) is 4.68 Å². The third-order valence-corrected chi connectivity index (χ3v) is 4.07. The Hall–Kier alpha value is -2.22. The molecule has 136 valence electrons. The van der Waals surface area contributed by atoms with Crippen molar-refractivity contribution in [2.75, 3.05) is 31.1 Å².